The van der Waals surface area contributed by atoms with Crippen molar-refractivity contribution < 1.29 is 9.53 Å². The Labute approximate surface area is 112 Å². The summed E-state index contributed by atoms with van der Waals surface area (Å²) in [6, 6.07) is 0. The van der Waals surface area contributed by atoms with E-state index in [0.717, 1.165) is 25.4 Å². The van der Waals surface area contributed by atoms with Gasteiger partial charge in [-0.05, 0) is 46.2 Å². The van der Waals surface area contributed by atoms with Crippen molar-refractivity contribution in [2.75, 3.05) is 19.6 Å². The molecule has 0 radical (unpaired) electrons. The van der Waals surface area contributed by atoms with Crippen molar-refractivity contribution in [2.45, 2.75) is 59.5 Å². The summed E-state index contributed by atoms with van der Waals surface area (Å²) in [5.41, 5.74) is -0.419. The number of hydrogen-bond acceptors (Lipinski definition) is 3. The predicted octanol–water partition coefficient (Wildman–Crippen LogP) is 2.93. The van der Waals surface area contributed by atoms with Crippen LogP contribution in [-0.2, 0) is 4.74 Å². The molecule has 0 aliphatic rings. The van der Waals surface area contributed by atoms with E-state index in [1.54, 1.807) is 0 Å². The van der Waals surface area contributed by atoms with Crippen LogP contribution in [0.2, 0.25) is 0 Å². The first-order valence-corrected chi connectivity index (χ1v) is 7.06. The smallest absolute Gasteiger partial charge is 0.407 e. The van der Waals surface area contributed by atoms with Crippen LogP contribution in [0.3, 0.4) is 0 Å². The average molecular weight is 258 g/mol. The highest BCUT2D eigenvalue weighted by Crippen LogP contribution is 2.06. The van der Waals surface area contributed by atoms with Gasteiger partial charge in [0.1, 0.15) is 5.60 Å². The first-order chi connectivity index (χ1) is 8.39. The number of alkyl carbamates (subject to hydrolysis) is 1. The molecule has 0 aromatic carbocycles. The lowest BCUT2D eigenvalue weighted by atomic mass is 10.0. The summed E-state index contributed by atoms with van der Waals surface area (Å²) in [4.78, 5) is 11.3. The number of carbonyl (C=O) groups is 1. The van der Waals surface area contributed by atoms with Gasteiger partial charge in [-0.25, -0.2) is 4.79 Å². The number of carbonyl (C=O) groups excluding carboxylic acids is 1. The van der Waals surface area contributed by atoms with Gasteiger partial charge in [0.2, 0.25) is 0 Å². The van der Waals surface area contributed by atoms with Crippen LogP contribution in [0.25, 0.3) is 0 Å². The molecule has 4 nitrogen and oxygen atoms in total. The second kappa shape index (κ2) is 9.20. The summed E-state index contributed by atoms with van der Waals surface area (Å²) in [6.45, 7) is 12.7. The summed E-state index contributed by atoms with van der Waals surface area (Å²) >= 11 is 0. The van der Waals surface area contributed by atoms with E-state index in [0.29, 0.717) is 6.54 Å². The molecule has 0 aromatic rings. The molecule has 4 heteroatoms. The fourth-order valence-electron chi connectivity index (χ4n) is 1.60. The molecule has 0 bridgehead atoms. The molecule has 0 fully saturated rings. The summed E-state index contributed by atoms with van der Waals surface area (Å²) < 4.78 is 5.15. The number of hydrogen-bond donors (Lipinski definition) is 2. The van der Waals surface area contributed by atoms with E-state index >= 15 is 0 Å². The van der Waals surface area contributed by atoms with E-state index in [4.69, 9.17) is 4.74 Å². The van der Waals surface area contributed by atoms with Crippen LogP contribution in [0.15, 0.2) is 0 Å². The van der Waals surface area contributed by atoms with Crippen LogP contribution in [0, 0.1) is 5.92 Å². The maximum atomic E-state index is 11.3. The van der Waals surface area contributed by atoms with E-state index in [9.17, 15) is 4.79 Å². The normalized spacial score (nSPS) is 11.7. The Bertz CT molecular complexity index is 220. The highest BCUT2D eigenvalue weighted by Gasteiger charge is 2.15. The molecular formula is C14H30N2O2. The molecule has 0 spiro atoms. The van der Waals surface area contributed by atoms with Gasteiger partial charge in [-0.15, -0.1) is 0 Å². The van der Waals surface area contributed by atoms with E-state index in [-0.39, 0.29) is 6.09 Å². The van der Waals surface area contributed by atoms with E-state index in [1.165, 1.54) is 12.8 Å². The molecule has 0 saturated heterocycles. The molecule has 0 aliphatic carbocycles. The topological polar surface area (TPSA) is 50.4 Å². The Morgan fingerprint density at radius 3 is 2.28 bits per heavy atom. The van der Waals surface area contributed by atoms with Crippen LogP contribution in [-0.4, -0.2) is 31.3 Å². The molecule has 0 saturated carbocycles. The van der Waals surface area contributed by atoms with Gasteiger partial charge in [0.25, 0.3) is 0 Å². The van der Waals surface area contributed by atoms with Crippen molar-refractivity contribution in [3.63, 3.8) is 0 Å². The monoisotopic (exact) mass is 258 g/mol. The minimum Gasteiger partial charge on any atom is -0.444 e. The molecule has 18 heavy (non-hydrogen) atoms. The van der Waals surface area contributed by atoms with E-state index < -0.39 is 5.60 Å². The Hall–Kier alpha value is -0.770. The van der Waals surface area contributed by atoms with Crippen molar-refractivity contribution in [3.8, 4) is 0 Å². The van der Waals surface area contributed by atoms with Crippen molar-refractivity contribution >= 4 is 6.09 Å². The molecule has 0 rings (SSSR count). The zero-order chi connectivity index (χ0) is 14.0. The quantitative estimate of drug-likeness (QED) is 0.658. The highest BCUT2D eigenvalue weighted by atomic mass is 16.6. The molecule has 0 aliphatic heterocycles. The largest absolute Gasteiger partial charge is 0.444 e. The van der Waals surface area contributed by atoms with Gasteiger partial charge in [0.05, 0.1) is 0 Å². The fourth-order valence-corrected chi connectivity index (χ4v) is 1.60. The Morgan fingerprint density at radius 1 is 1.17 bits per heavy atom. The standard InChI is InChI=1S/C14H30N2O2/c1-6-12(7-2)11-15-9-8-10-16-13(17)18-14(3,4)5/h12,15H,6-11H2,1-5H3,(H,16,17). The van der Waals surface area contributed by atoms with Gasteiger partial charge in [-0.1, -0.05) is 26.7 Å². The van der Waals surface area contributed by atoms with Crippen molar-refractivity contribution in [1.82, 2.24) is 10.6 Å². The summed E-state index contributed by atoms with van der Waals surface area (Å²) in [6.07, 6.45) is 3.04. The molecule has 2 N–H and O–H groups in total. The van der Waals surface area contributed by atoms with E-state index in [1.807, 2.05) is 20.8 Å². The van der Waals surface area contributed by atoms with Crippen LogP contribution in [0.1, 0.15) is 53.9 Å². The molecule has 0 unspecified atom stereocenters. The lowest BCUT2D eigenvalue weighted by Gasteiger charge is -2.19. The minimum atomic E-state index is -0.419. The third-order valence-corrected chi connectivity index (χ3v) is 2.79. The van der Waals surface area contributed by atoms with Gasteiger partial charge >= 0.3 is 6.09 Å². The molecular weight excluding hydrogens is 228 g/mol. The predicted molar refractivity (Wildman–Crippen MR) is 75.8 cm³/mol. The zero-order valence-corrected chi connectivity index (χ0v) is 12.6. The van der Waals surface area contributed by atoms with Crippen molar-refractivity contribution in [1.29, 1.82) is 0 Å². The van der Waals surface area contributed by atoms with Gasteiger partial charge in [0, 0.05) is 6.54 Å². The van der Waals surface area contributed by atoms with Gasteiger partial charge < -0.3 is 15.4 Å². The Morgan fingerprint density at radius 2 is 1.78 bits per heavy atom. The Kier molecular flexibility index (Phi) is 8.81. The maximum absolute atomic E-state index is 11.3. The summed E-state index contributed by atoms with van der Waals surface area (Å²) in [5.74, 6) is 0.767. The van der Waals surface area contributed by atoms with Crippen LogP contribution >= 0.6 is 0 Å². The van der Waals surface area contributed by atoms with Crippen molar-refractivity contribution in [3.05, 3.63) is 0 Å². The molecule has 0 aromatic heterocycles. The first-order valence-electron chi connectivity index (χ1n) is 7.06. The summed E-state index contributed by atoms with van der Waals surface area (Å²) in [5, 5.41) is 6.17. The fraction of sp³-hybridized carbons (Fsp3) is 0.929. The maximum Gasteiger partial charge on any atom is 0.407 e. The van der Waals surface area contributed by atoms with Gasteiger partial charge in [0.15, 0.2) is 0 Å². The van der Waals surface area contributed by atoms with E-state index in [2.05, 4.69) is 24.5 Å². The third-order valence-electron chi connectivity index (χ3n) is 2.79. The zero-order valence-electron chi connectivity index (χ0n) is 12.6. The molecule has 1 amide bonds. The van der Waals surface area contributed by atoms with Gasteiger partial charge in [-0.3, -0.25) is 0 Å². The highest BCUT2D eigenvalue weighted by molar-refractivity contribution is 5.67. The number of ether oxygens (including phenoxy) is 1. The molecule has 108 valence electrons. The van der Waals surface area contributed by atoms with Gasteiger partial charge in [-0.2, -0.15) is 0 Å². The first kappa shape index (κ1) is 17.2. The minimum absolute atomic E-state index is 0.331. The second-order valence-corrected chi connectivity index (χ2v) is 5.67. The summed E-state index contributed by atoms with van der Waals surface area (Å²) in [7, 11) is 0. The SMILES string of the molecule is CCC(CC)CNCCCNC(=O)OC(C)(C)C. The number of nitrogens with one attached hydrogen (secondary N) is 2. The molecule has 0 atom stereocenters. The number of rotatable bonds is 8. The lowest BCUT2D eigenvalue weighted by Crippen LogP contribution is -2.34. The second-order valence-electron chi connectivity index (χ2n) is 5.67. The number of amides is 1. The van der Waals surface area contributed by atoms with Crippen molar-refractivity contribution in [2.24, 2.45) is 5.92 Å². The van der Waals surface area contributed by atoms with Crippen LogP contribution in [0.4, 0.5) is 4.79 Å². The van der Waals surface area contributed by atoms with Crippen LogP contribution < -0.4 is 10.6 Å². The third kappa shape index (κ3) is 10.4. The van der Waals surface area contributed by atoms with Crippen LogP contribution in [0.5, 0.6) is 0 Å². The lowest BCUT2D eigenvalue weighted by molar-refractivity contribution is 0.0527. The molecule has 0 heterocycles. The Balaban J connectivity index is 3.43. The average Bonchev–Trinajstić information content (AvgIpc) is 2.26.